The van der Waals surface area contributed by atoms with Crippen molar-refractivity contribution in [2.24, 2.45) is 0 Å². The van der Waals surface area contributed by atoms with Crippen LogP contribution in [0.4, 0.5) is 18.9 Å². The summed E-state index contributed by atoms with van der Waals surface area (Å²) in [6.07, 6.45) is -4.19. The van der Waals surface area contributed by atoms with Crippen LogP contribution in [-0.4, -0.2) is 18.6 Å². The van der Waals surface area contributed by atoms with E-state index in [9.17, 15) is 18.0 Å². The highest BCUT2D eigenvalue weighted by atomic mass is 35.5. The van der Waals surface area contributed by atoms with E-state index in [1.165, 1.54) is 13.2 Å². The van der Waals surface area contributed by atoms with Crippen LogP contribution in [0.1, 0.15) is 25.8 Å². The van der Waals surface area contributed by atoms with Gasteiger partial charge in [-0.05, 0) is 31.5 Å². The van der Waals surface area contributed by atoms with Gasteiger partial charge in [-0.1, -0.05) is 18.5 Å². The van der Waals surface area contributed by atoms with Crippen LogP contribution in [0.5, 0.6) is 0 Å². The Labute approximate surface area is 120 Å². The molecule has 0 aliphatic carbocycles. The molecule has 3 nitrogen and oxygen atoms in total. The maximum atomic E-state index is 12.7. The zero-order valence-electron chi connectivity index (χ0n) is 11.3. The van der Waals surface area contributed by atoms with E-state index < -0.39 is 28.3 Å². The van der Waals surface area contributed by atoms with Crippen LogP contribution in [-0.2, 0) is 15.7 Å². The Morgan fingerprint density at radius 3 is 2.45 bits per heavy atom. The van der Waals surface area contributed by atoms with Gasteiger partial charge in [-0.15, -0.1) is 0 Å². The smallest absolute Gasteiger partial charge is 0.369 e. The molecule has 1 unspecified atom stereocenters. The first kappa shape index (κ1) is 16.8. The highest BCUT2D eigenvalue weighted by molar-refractivity contribution is 6.31. The molecule has 0 fully saturated rings. The molecule has 0 saturated carbocycles. The van der Waals surface area contributed by atoms with Crippen molar-refractivity contribution in [1.29, 1.82) is 0 Å². The quantitative estimate of drug-likeness (QED) is 0.909. The number of methoxy groups -OCH3 is 1. The van der Waals surface area contributed by atoms with Crippen LogP contribution < -0.4 is 5.32 Å². The number of rotatable bonds is 4. The first-order valence-corrected chi connectivity index (χ1v) is 6.25. The molecule has 1 rings (SSSR count). The van der Waals surface area contributed by atoms with E-state index in [1.807, 2.05) is 0 Å². The maximum Gasteiger partial charge on any atom is 0.417 e. The van der Waals surface area contributed by atoms with Gasteiger partial charge >= 0.3 is 6.18 Å². The summed E-state index contributed by atoms with van der Waals surface area (Å²) in [4.78, 5) is 12.0. The summed E-state index contributed by atoms with van der Waals surface area (Å²) < 4.78 is 43.2. The standard InChI is InChI=1S/C13H15ClF3NO2/c1-4-12(2,20-3)11(19)18-8-5-6-10(14)9(7-8)13(15,16)17/h5-7H,4H2,1-3H3,(H,18,19). The summed E-state index contributed by atoms with van der Waals surface area (Å²) in [6.45, 7) is 3.30. The van der Waals surface area contributed by atoms with Crippen LogP contribution in [0.15, 0.2) is 18.2 Å². The molecule has 0 aliphatic rings. The van der Waals surface area contributed by atoms with E-state index in [2.05, 4.69) is 5.32 Å². The molecule has 7 heteroatoms. The number of amides is 1. The van der Waals surface area contributed by atoms with Gasteiger partial charge in [0.15, 0.2) is 0 Å². The van der Waals surface area contributed by atoms with Gasteiger partial charge in [0.1, 0.15) is 5.60 Å². The third-order valence-electron chi connectivity index (χ3n) is 3.14. The molecule has 1 aromatic rings. The number of carbonyl (C=O) groups excluding carboxylic acids is 1. The molecule has 0 saturated heterocycles. The summed E-state index contributed by atoms with van der Waals surface area (Å²) in [6, 6.07) is 3.20. The molecule has 0 aromatic heterocycles. The Hall–Kier alpha value is -1.27. The van der Waals surface area contributed by atoms with Gasteiger partial charge in [-0.2, -0.15) is 13.2 Å². The molecular weight excluding hydrogens is 295 g/mol. The molecule has 1 amide bonds. The fourth-order valence-corrected chi connectivity index (χ4v) is 1.71. The number of ether oxygens (including phenoxy) is 1. The predicted octanol–water partition coefficient (Wildman–Crippen LogP) is 4.11. The van der Waals surface area contributed by atoms with Crippen LogP contribution in [0.3, 0.4) is 0 Å². The average Bonchev–Trinajstić information content (AvgIpc) is 2.38. The molecule has 1 aromatic carbocycles. The third kappa shape index (κ3) is 3.64. The first-order chi connectivity index (χ1) is 9.14. The van der Waals surface area contributed by atoms with Crippen molar-refractivity contribution < 1.29 is 22.7 Å². The molecule has 0 bridgehead atoms. The van der Waals surface area contributed by atoms with Crippen molar-refractivity contribution >= 4 is 23.2 Å². The maximum absolute atomic E-state index is 12.7. The summed E-state index contributed by atoms with van der Waals surface area (Å²) >= 11 is 5.50. The molecule has 1 N–H and O–H groups in total. The first-order valence-electron chi connectivity index (χ1n) is 5.87. The van der Waals surface area contributed by atoms with Crippen molar-refractivity contribution in [3.63, 3.8) is 0 Å². The molecule has 112 valence electrons. The molecule has 20 heavy (non-hydrogen) atoms. The summed E-state index contributed by atoms with van der Waals surface area (Å²) in [5.74, 6) is -0.516. The lowest BCUT2D eigenvalue weighted by molar-refractivity contribution is -0.138. The van der Waals surface area contributed by atoms with Gasteiger partial charge in [0, 0.05) is 12.8 Å². The largest absolute Gasteiger partial charge is 0.417 e. The fourth-order valence-electron chi connectivity index (χ4n) is 1.48. The molecular formula is C13H15ClF3NO2. The Bertz CT molecular complexity index is 499. The van der Waals surface area contributed by atoms with E-state index in [0.717, 1.165) is 12.1 Å². The zero-order chi connectivity index (χ0) is 15.6. The Kier molecular flexibility index (Phi) is 5.05. The van der Waals surface area contributed by atoms with Gasteiger partial charge in [-0.25, -0.2) is 0 Å². The van der Waals surface area contributed by atoms with Crippen LogP contribution in [0.25, 0.3) is 0 Å². The number of alkyl halides is 3. The number of hydrogen-bond acceptors (Lipinski definition) is 2. The van der Waals surface area contributed by atoms with Crippen LogP contribution >= 0.6 is 11.6 Å². The van der Waals surface area contributed by atoms with Gasteiger partial charge in [-0.3, -0.25) is 4.79 Å². The fraction of sp³-hybridized carbons (Fsp3) is 0.462. The third-order valence-corrected chi connectivity index (χ3v) is 3.46. The van der Waals surface area contributed by atoms with E-state index in [4.69, 9.17) is 16.3 Å². The second kappa shape index (κ2) is 6.01. The topological polar surface area (TPSA) is 38.3 Å². The molecule has 0 aliphatic heterocycles. The van der Waals surface area contributed by atoms with Crippen molar-refractivity contribution in [3.8, 4) is 0 Å². The van der Waals surface area contributed by atoms with Crippen LogP contribution in [0.2, 0.25) is 5.02 Å². The number of carbonyl (C=O) groups is 1. The predicted molar refractivity (Wildman–Crippen MR) is 70.8 cm³/mol. The van der Waals surface area contributed by atoms with Crippen molar-refractivity contribution in [2.45, 2.75) is 32.0 Å². The summed E-state index contributed by atoms with van der Waals surface area (Å²) in [5.41, 5.74) is -2.08. The van der Waals surface area contributed by atoms with Gasteiger partial charge in [0.25, 0.3) is 5.91 Å². The van der Waals surface area contributed by atoms with Crippen LogP contribution in [0, 0.1) is 0 Å². The Morgan fingerprint density at radius 1 is 1.40 bits per heavy atom. The van der Waals surface area contributed by atoms with E-state index in [-0.39, 0.29) is 5.69 Å². The van der Waals surface area contributed by atoms with E-state index >= 15 is 0 Å². The zero-order valence-corrected chi connectivity index (χ0v) is 12.0. The number of hydrogen-bond donors (Lipinski definition) is 1. The minimum Gasteiger partial charge on any atom is -0.369 e. The monoisotopic (exact) mass is 309 g/mol. The lowest BCUT2D eigenvalue weighted by Crippen LogP contribution is -2.41. The number of anilines is 1. The highest BCUT2D eigenvalue weighted by Crippen LogP contribution is 2.36. The molecule has 1 atom stereocenters. The van der Waals surface area contributed by atoms with E-state index in [0.29, 0.717) is 6.42 Å². The lowest BCUT2D eigenvalue weighted by atomic mass is 10.0. The normalized spacial score (nSPS) is 14.8. The number of nitrogens with one attached hydrogen (secondary N) is 1. The number of halogens is 4. The minimum absolute atomic E-state index is 0.0171. The van der Waals surface area contributed by atoms with E-state index in [1.54, 1.807) is 13.8 Å². The van der Waals surface area contributed by atoms with Gasteiger partial charge in [0.05, 0.1) is 10.6 Å². The van der Waals surface area contributed by atoms with Crippen molar-refractivity contribution in [3.05, 3.63) is 28.8 Å². The highest BCUT2D eigenvalue weighted by Gasteiger charge is 2.34. The second-order valence-corrected chi connectivity index (χ2v) is 4.84. The molecule has 0 spiro atoms. The summed E-state index contributed by atoms with van der Waals surface area (Å²) in [7, 11) is 1.37. The number of benzene rings is 1. The Morgan fingerprint density at radius 2 is 2.00 bits per heavy atom. The average molecular weight is 310 g/mol. The Balaban J connectivity index is 3.03. The molecule has 0 radical (unpaired) electrons. The van der Waals surface area contributed by atoms with Crippen molar-refractivity contribution in [1.82, 2.24) is 0 Å². The minimum atomic E-state index is -4.58. The van der Waals surface area contributed by atoms with Gasteiger partial charge in [0.2, 0.25) is 0 Å². The second-order valence-electron chi connectivity index (χ2n) is 4.44. The van der Waals surface area contributed by atoms with Gasteiger partial charge < -0.3 is 10.1 Å². The summed E-state index contributed by atoms with van der Waals surface area (Å²) in [5, 5.41) is 1.99. The molecule has 0 heterocycles. The SMILES string of the molecule is CCC(C)(OC)C(=O)Nc1ccc(Cl)c(C(F)(F)F)c1. The lowest BCUT2D eigenvalue weighted by Gasteiger charge is -2.25. The van der Waals surface area contributed by atoms with Crippen molar-refractivity contribution in [2.75, 3.05) is 12.4 Å².